The molecule has 0 atom stereocenters. The second kappa shape index (κ2) is 5.83. The maximum Gasteiger partial charge on any atom is 0.174 e. The number of Topliss-reactive ketones (excluding diaryl/α,β-unsaturated/α-hetero) is 1. The van der Waals surface area contributed by atoms with E-state index in [9.17, 15) is 4.79 Å². The highest BCUT2D eigenvalue weighted by Gasteiger charge is 2.06. The molecular formula is C15H17NOS. The van der Waals surface area contributed by atoms with E-state index >= 15 is 0 Å². The molecule has 2 rings (SSSR count). The van der Waals surface area contributed by atoms with E-state index in [1.807, 2.05) is 17.5 Å². The minimum atomic E-state index is 0.211. The molecule has 1 aromatic carbocycles. The topological polar surface area (TPSA) is 29.1 Å². The quantitative estimate of drug-likeness (QED) is 0.821. The number of rotatable bonds is 5. The van der Waals surface area contributed by atoms with E-state index in [0.29, 0.717) is 13.0 Å². The van der Waals surface area contributed by atoms with E-state index in [2.05, 4.69) is 37.4 Å². The number of ketones is 1. The molecule has 0 saturated heterocycles. The summed E-state index contributed by atoms with van der Waals surface area (Å²) < 4.78 is 0. The number of carbonyl (C=O) groups is 1. The number of thiophene rings is 1. The van der Waals surface area contributed by atoms with Gasteiger partial charge in [0.1, 0.15) is 0 Å². The third-order valence-corrected chi connectivity index (χ3v) is 3.77. The lowest BCUT2D eigenvalue weighted by Crippen LogP contribution is -2.08. The van der Waals surface area contributed by atoms with E-state index in [1.54, 1.807) is 0 Å². The van der Waals surface area contributed by atoms with Crippen LogP contribution in [0.5, 0.6) is 0 Å². The maximum absolute atomic E-state index is 11.8. The molecule has 0 saturated carbocycles. The van der Waals surface area contributed by atoms with Gasteiger partial charge >= 0.3 is 0 Å². The van der Waals surface area contributed by atoms with E-state index in [-0.39, 0.29) is 5.78 Å². The molecular weight excluding hydrogens is 242 g/mol. The molecule has 2 nitrogen and oxygen atoms in total. The minimum absolute atomic E-state index is 0.211. The smallest absolute Gasteiger partial charge is 0.174 e. The highest BCUT2D eigenvalue weighted by atomic mass is 32.1. The van der Waals surface area contributed by atoms with Gasteiger partial charge in [-0.3, -0.25) is 4.79 Å². The highest BCUT2D eigenvalue weighted by Crippen LogP contribution is 2.17. The van der Waals surface area contributed by atoms with Gasteiger partial charge in [-0.15, -0.1) is 11.3 Å². The van der Waals surface area contributed by atoms with Crippen molar-refractivity contribution in [1.29, 1.82) is 0 Å². The summed E-state index contributed by atoms with van der Waals surface area (Å²) in [5.74, 6) is 0.211. The molecule has 0 aliphatic rings. The van der Waals surface area contributed by atoms with Crippen LogP contribution in [0.3, 0.4) is 0 Å². The van der Waals surface area contributed by atoms with Gasteiger partial charge in [-0.25, -0.2) is 0 Å². The molecule has 94 valence electrons. The van der Waals surface area contributed by atoms with Crippen molar-refractivity contribution in [3.63, 3.8) is 0 Å². The number of benzene rings is 1. The first-order chi connectivity index (χ1) is 8.66. The second-order valence-corrected chi connectivity index (χ2v) is 5.34. The molecule has 0 bridgehead atoms. The summed E-state index contributed by atoms with van der Waals surface area (Å²) >= 11 is 1.51. The zero-order valence-corrected chi connectivity index (χ0v) is 11.5. The van der Waals surface area contributed by atoms with Crippen LogP contribution in [0, 0.1) is 13.8 Å². The molecule has 3 heteroatoms. The van der Waals surface area contributed by atoms with E-state index in [4.69, 9.17) is 0 Å². The lowest BCUT2D eigenvalue weighted by Gasteiger charge is -2.09. The molecule has 2 aromatic rings. The number of hydrogen-bond acceptors (Lipinski definition) is 3. The highest BCUT2D eigenvalue weighted by molar-refractivity contribution is 7.12. The second-order valence-electron chi connectivity index (χ2n) is 4.40. The van der Waals surface area contributed by atoms with Crippen molar-refractivity contribution in [1.82, 2.24) is 0 Å². The van der Waals surface area contributed by atoms with Gasteiger partial charge in [-0.05, 0) is 42.5 Å². The average molecular weight is 259 g/mol. The fraction of sp³-hybridized carbons (Fsp3) is 0.267. The maximum atomic E-state index is 11.8. The molecule has 1 aromatic heterocycles. The van der Waals surface area contributed by atoms with Crippen molar-refractivity contribution in [3.8, 4) is 0 Å². The molecule has 0 aliphatic carbocycles. The monoisotopic (exact) mass is 259 g/mol. The van der Waals surface area contributed by atoms with Crippen LogP contribution in [-0.2, 0) is 0 Å². The first-order valence-electron chi connectivity index (χ1n) is 6.04. The van der Waals surface area contributed by atoms with Crippen LogP contribution in [0.4, 0.5) is 5.69 Å². The van der Waals surface area contributed by atoms with Crippen LogP contribution >= 0.6 is 11.3 Å². The number of carbonyl (C=O) groups excluding carboxylic acids is 1. The zero-order valence-electron chi connectivity index (χ0n) is 10.7. The predicted molar refractivity (Wildman–Crippen MR) is 77.7 cm³/mol. The van der Waals surface area contributed by atoms with Gasteiger partial charge in [0.05, 0.1) is 4.88 Å². The number of aryl methyl sites for hydroxylation is 2. The lowest BCUT2D eigenvalue weighted by atomic mass is 10.1. The molecule has 0 fully saturated rings. The van der Waals surface area contributed by atoms with Crippen molar-refractivity contribution in [3.05, 3.63) is 51.7 Å². The van der Waals surface area contributed by atoms with E-state index < -0.39 is 0 Å². The summed E-state index contributed by atoms with van der Waals surface area (Å²) in [4.78, 5) is 12.7. The van der Waals surface area contributed by atoms with Crippen LogP contribution in [0.2, 0.25) is 0 Å². The van der Waals surface area contributed by atoms with Gasteiger partial charge in [-0.1, -0.05) is 18.2 Å². The lowest BCUT2D eigenvalue weighted by molar-refractivity contribution is 0.0990. The van der Waals surface area contributed by atoms with Gasteiger partial charge in [0.2, 0.25) is 0 Å². The Morgan fingerprint density at radius 2 is 2.11 bits per heavy atom. The normalized spacial score (nSPS) is 10.3. The van der Waals surface area contributed by atoms with Crippen molar-refractivity contribution in [2.75, 3.05) is 11.9 Å². The summed E-state index contributed by atoms with van der Waals surface area (Å²) in [7, 11) is 0. The molecule has 0 amide bonds. The number of anilines is 1. The van der Waals surface area contributed by atoms with Crippen LogP contribution in [0.15, 0.2) is 35.7 Å². The Bertz CT molecular complexity index is 531. The van der Waals surface area contributed by atoms with Crippen LogP contribution in [0.1, 0.15) is 27.2 Å². The van der Waals surface area contributed by atoms with Crippen LogP contribution < -0.4 is 5.32 Å². The Hall–Kier alpha value is -1.61. The predicted octanol–water partition coefficient (Wildman–Crippen LogP) is 4.05. The van der Waals surface area contributed by atoms with Crippen molar-refractivity contribution in [2.45, 2.75) is 20.3 Å². The molecule has 0 aliphatic heterocycles. The summed E-state index contributed by atoms with van der Waals surface area (Å²) in [6.07, 6.45) is 0.536. The Balaban J connectivity index is 1.89. The van der Waals surface area contributed by atoms with Crippen molar-refractivity contribution >= 4 is 22.8 Å². The standard InChI is InChI=1S/C15H17NOS/c1-11-5-6-12(2)13(10-11)16-8-7-14(17)15-4-3-9-18-15/h3-6,9-10,16H,7-8H2,1-2H3. The average Bonchev–Trinajstić information content (AvgIpc) is 2.87. The van der Waals surface area contributed by atoms with Crippen molar-refractivity contribution in [2.24, 2.45) is 0 Å². The molecule has 0 unspecified atom stereocenters. The number of nitrogens with one attached hydrogen (secondary N) is 1. The molecule has 1 N–H and O–H groups in total. The van der Waals surface area contributed by atoms with E-state index in [1.165, 1.54) is 22.5 Å². The van der Waals surface area contributed by atoms with Gasteiger partial charge in [0, 0.05) is 18.7 Å². The SMILES string of the molecule is Cc1ccc(C)c(NCCC(=O)c2cccs2)c1. The van der Waals surface area contributed by atoms with Gasteiger partial charge in [0.25, 0.3) is 0 Å². The first-order valence-corrected chi connectivity index (χ1v) is 6.92. The Morgan fingerprint density at radius 3 is 2.83 bits per heavy atom. The Morgan fingerprint density at radius 1 is 1.28 bits per heavy atom. The fourth-order valence-corrected chi connectivity index (χ4v) is 2.49. The first kappa shape index (κ1) is 12.8. The van der Waals surface area contributed by atoms with Gasteiger partial charge in [-0.2, -0.15) is 0 Å². The van der Waals surface area contributed by atoms with E-state index in [0.717, 1.165) is 10.6 Å². The Kier molecular flexibility index (Phi) is 4.15. The van der Waals surface area contributed by atoms with Gasteiger partial charge in [0.15, 0.2) is 5.78 Å². The molecule has 1 heterocycles. The van der Waals surface area contributed by atoms with Crippen molar-refractivity contribution < 1.29 is 4.79 Å². The minimum Gasteiger partial charge on any atom is -0.384 e. The summed E-state index contributed by atoms with van der Waals surface area (Å²) in [5, 5.41) is 5.27. The summed E-state index contributed by atoms with van der Waals surface area (Å²) in [6.45, 7) is 4.82. The van der Waals surface area contributed by atoms with Gasteiger partial charge < -0.3 is 5.32 Å². The zero-order chi connectivity index (χ0) is 13.0. The largest absolute Gasteiger partial charge is 0.384 e. The molecule has 0 spiro atoms. The fourth-order valence-electron chi connectivity index (χ4n) is 1.80. The third kappa shape index (κ3) is 3.20. The summed E-state index contributed by atoms with van der Waals surface area (Å²) in [5.41, 5.74) is 3.56. The third-order valence-electron chi connectivity index (χ3n) is 2.86. The number of hydrogen-bond donors (Lipinski definition) is 1. The molecule has 0 radical (unpaired) electrons. The Labute approximate surface area is 112 Å². The summed E-state index contributed by atoms with van der Waals surface area (Å²) in [6, 6.07) is 10.1. The van der Waals surface area contributed by atoms with Crippen LogP contribution in [0.25, 0.3) is 0 Å². The van der Waals surface area contributed by atoms with Crippen LogP contribution in [-0.4, -0.2) is 12.3 Å². The molecule has 18 heavy (non-hydrogen) atoms.